The third-order valence-electron chi connectivity index (χ3n) is 3.52. The summed E-state index contributed by atoms with van der Waals surface area (Å²) in [7, 11) is 0. The molecule has 0 atom stereocenters. The largest absolute Gasteiger partial charge is 0.365 e. The fraction of sp³-hybridized carbons (Fsp3) is 0.333. The molecule has 2 nitrogen and oxygen atoms in total. The summed E-state index contributed by atoms with van der Waals surface area (Å²) in [5, 5.41) is 0. The molecule has 0 saturated carbocycles. The minimum atomic E-state index is 0.468. The minimum absolute atomic E-state index is 0.468. The lowest BCUT2D eigenvalue weighted by Gasteiger charge is -2.29. The van der Waals surface area contributed by atoms with Gasteiger partial charge < -0.3 is 10.6 Å². The van der Waals surface area contributed by atoms with Crippen LogP contribution in [0.15, 0.2) is 54.6 Å². The van der Waals surface area contributed by atoms with Crippen molar-refractivity contribution in [3.63, 3.8) is 0 Å². The molecule has 0 bridgehead atoms. The van der Waals surface area contributed by atoms with Crippen molar-refractivity contribution in [1.29, 1.82) is 0 Å². The van der Waals surface area contributed by atoms with Crippen LogP contribution in [0.3, 0.4) is 0 Å². The number of nitrogens with two attached hydrogens (primary N) is 1. The lowest BCUT2D eigenvalue weighted by Crippen LogP contribution is -2.30. The quantitative estimate of drug-likeness (QED) is 0.867. The monoisotopic (exact) mass is 268 g/mol. The van der Waals surface area contributed by atoms with Crippen molar-refractivity contribution in [2.45, 2.75) is 32.9 Å². The molecular formula is C18H24N2. The van der Waals surface area contributed by atoms with Crippen molar-refractivity contribution in [1.82, 2.24) is 0 Å². The zero-order chi connectivity index (χ0) is 14.4. The van der Waals surface area contributed by atoms with Gasteiger partial charge in [-0.05, 0) is 50.1 Å². The van der Waals surface area contributed by atoms with Crippen molar-refractivity contribution < 1.29 is 0 Å². The zero-order valence-electron chi connectivity index (χ0n) is 12.4. The van der Waals surface area contributed by atoms with Gasteiger partial charge >= 0.3 is 0 Å². The predicted octanol–water partition coefficient (Wildman–Crippen LogP) is 3.60. The lowest BCUT2D eigenvalue weighted by molar-refractivity contribution is 0.682. The summed E-state index contributed by atoms with van der Waals surface area (Å²) in [5.74, 6) is 0. The first-order chi connectivity index (χ1) is 9.70. The molecule has 106 valence electrons. The predicted molar refractivity (Wildman–Crippen MR) is 87.0 cm³/mol. The van der Waals surface area contributed by atoms with Gasteiger partial charge in [-0.25, -0.2) is 0 Å². The van der Waals surface area contributed by atoms with Gasteiger partial charge in [0.05, 0.1) is 0 Å². The van der Waals surface area contributed by atoms with Crippen LogP contribution in [-0.2, 0) is 13.0 Å². The maximum absolute atomic E-state index is 5.60. The van der Waals surface area contributed by atoms with Gasteiger partial charge in [0.2, 0.25) is 0 Å². The Labute approximate surface area is 122 Å². The minimum Gasteiger partial charge on any atom is -0.365 e. The highest BCUT2D eigenvalue weighted by Crippen LogP contribution is 2.21. The van der Waals surface area contributed by atoms with Gasteiger partial charge in [0.25, 0.3) is 0 Å². The Kier molecular flexibility index (Phi) is 5.19. The van der Waals surface area contributed by atoms with Gasteiger partial charge in [0, 0.05) is 18.3 Å². The van der Waals surface area contributed by atoms with Crippen LogP contribution in [0.1, 0.15) is 25.0 Å². The number of nitrogens with zero attached hydrogens (tertiary/aromatic N) is 1. The van der Waals surface area contributed by atoms with E-state index >= 15 is 0 Å². The summed E-state index contributed by atoms with van der Waals surface area (Å²) in [6.45, 7) is 6.11. The Morgan fingerprint density at radius 3 is 2.10 bits per heavy atom. The van der Waals surface area contributed by atoms with Crippen LogP contribution < -0.4 is 10.6 Å². The Bertz CT molecular complexity index is 503. The van der Waals surface area contributed by atoms with Gasteiger partial charge in [-0.3, -0.25) is 0 Å². The van der Waals surface area contributed by atoms with Crippen molar-refractivity contribution in [2.75, 3.05) is 11.4 Å². The van der Waals surface area contributed by atoms with Gasteiger partial charge in [-0.1, -0.05) is 42.5 Å². The smallest absolute Gasteiger partial charge is 0.0432 e. The van der Waals surface area contributed by atoms with Crippen molar-refractivity contribution in [2.24, 2.45) is 5.73 Å². The Morgan fingerprint density at radius 2 is 1.55 bits per heavy atom. The molecule has 20 heavy (non-hydrogen) atoms. The summed E-state index contributed by atoms with van der Waals surface area (Å²) in [6.07, 6.45) is 0.945. The second kappa shape index (κ2) is 7.11. The number of hydrogen-bond donors (Lipinski definition) is 1. The average molecular weight is 268 g/mol. The van der Waals surface area contributed by atoms with Crippen LogP contribution in [0.25, 0.3) is 0 Å². The zero-order valence-corrected chi connectivity index (χ0v) is 12.4. The first-order valence-corrected chi connectivity index (χ1v) is 7.30. The molecule has 0 aliphatic rings. The summed E-state index contributed by atoms with van der Waals surface area (Å²) in [6, 6.07) is 19.8. The third-order valence-corrected chi connectivity index (χ3v) is 3.52. The summed E-state index contributed by atoms with van der Waals surface area (Å²) in [5.41, 5.74) is 9.51. The molecule has 0 aliphatic carbocycles. The molecule has 0 amide bonds. The normalized spacial score (nSPS) is 10.8. The van der Waals surface area contributed by atoms with Gasteiger partial charge in [0.15, 0.2) is 0 Å². The Balaban J connectivity index is 2.16. The number of benzene rings is 2. The van der Waals surface area contributed by atoms with E-state index in [4.69, 9.17) is 5.73 Å². The van der Waals surface area contributed by atoms with Crippen molar-refractivity contribution in [3.8, 4) is 0 Å². The summed E-state index contributed by atoms with van der Waals surface area (Å²) in [4.78, 5) is 2.42. The molecule has 0 radical (unpaired) electrons. The van der Waals surface area contributed by atoms with Gasteiger partial charge in [-0.2, -0.15) is 0 Å². The number of rotatable bonds is 6. The van der Waals surface area contributed by atoms with Crippen LogP contribution in [0.5, 0.6) is 0 Å². The van der Waals surface area contributed by atoms with Crippen LogP contribution in [0, 0.1) is 0 Å². The molecule has 0 unspecified atom stereocenters. The molecule has 0 fully saturated rings. The van der Waals surface area contributed by atoms with E-state index in [-0.39, 0.29) is 0 Å². The average Bonchev–Trinajstić information content (AvgIpc) is 2.47. The van der Waals surface area contributed by atoms with Crippen LogP contribution >= 0.6 is 0 Å². The molecule has 2 aromatic rings. The SMILES string of the molecule is CC(C)N(Cc1ccccc1)c1ccc(CCN)cc1. The third kappa shape index (κ3) is 3.84. The Hall–Kier alpha value is -1.80. The van der Waals surface area contributed by atoms with E-state index in [1.165, 1.54) is 16.8 Å². The van der Waals surface area contributed by atoms with E-state index in [0.717, 1.165) is 13.0 Å². The molecular weight excluding hydrogens is 244 g/mol. The van der Waals surface area contributed by atoms with E-state index < -0.39 is 0 Å². The van der Waals surface area contributed by atoms with E-state index in [1.54, 1.807) is 0 Å². The second-order valence-corrected chi connectivity index (χ2v) is 5.41. The molecule has 0 spiro atoms. The van der Waals surface area contributed by atoms with Gasteiger partial charge in [-0.15, -0.1) is 0 Å². The molecule has 0 aromatic heterocycles. The first kappa shape index (κ1) is 14.6. The van der Waals surface area contributed by atoms with E-state index in [2.05, 4.69) is 73.3 Å². The maximum Gasteiger partial charge on any atom is 0.0432 e. The van der Waals surface area contributed by atoms with E-state index in [1.807, 2.05) is 0 Å². The summed E-state index contributed by atoms with van der Waals surface area (Å²) >= 11 is 0. The number of hydrogen-bond acceptors (Lipinski definition) is 2. The molecule has 2 heteroatoms. The van der Waals surface area contributed by atoms with Crippen molar-refractivity contribution in [3.05, 3.63) is 65.7 Å². The molecule has 2 N–H and O–H groups in total. The standard InChI is InChI=1S/C18H24N2/c1-15(2)20(14-17-6-4-3-5-7-17)18-10-8-16(9-11-18)12-13-19/h3-11,15H,12-14,19H2,1-2H3. The maximum atomic E-state index is 5.60. The molecule has 2 aromatic carbocycles. The highest BCUT2D eigenvalue weighted by atomic mass is 15.1. The van der Waals surface area contributed by atoms with Crippen LogP contribution in [-0.4, -0.2) is 12.6 Å². The summed E-state index contributed by atoms with van der Waals surface area (Å²) < 4.78 is 0. The van der Waals surface area contributed by atoms with Gasteiger partial charge in [0.1, 0.15) is 0 Å². The lowest BCUT2D eigenvalue weighted by atomic mass is 10.1. The number of anilines is 1. The molecule has 0 heterocycles. The molecule has 0 aliphatic heterocycles. The first-order valence-electron chi connectivity index (χ1n) is 7.30. The second-order valence-electron chi connectivity index (χ2n) is 5.41. The molecule has 0 saturated heterocycles. The van der Waals surface area contributed by atoms with Crippen LogP contribution in [0.2, 0.25) is 0 Å². The highest BCUT2D eigenvalue weighted by Gasteiger charge is 2.11. The van der Waals surface area contributed by atoms with Crippen molar-refractivity contribution >= 4 is 5.69 Å². The van der Waals surface area contributed by atoms with E-state index in [0.29, 0.717) is 12.6 Å². The topological polar surface area (TPSA) is 29.3 Å². The Morgan fingerprint density at radius 1 is 0.900 bits per heavy atom. The fourth-order valence-corrected chi connectivity index (χ4v) is 2.37. The fourth-order valence-electron chi connectivity index (χ4n) is 2.37. The molecule has 2 rings (SSSR count). The van der Waals surface area contributed by atoms with E-state index in [9.17, 15) is 0 Å². The van der Waals surface area contributed by atoms with Crippen LogP contribution in [0.4, 0.5) is 5.69 Å². The highest BCUT2D eigenvalue weighted by molar-refractivity contribution is 5.49.